The Morgan fingerprint density at radius 3 is 2.80 bits per heavy atom. The Kier molecular flexibility index (Phi) is 5.50. The predicted octanol–water partition coefficient (Wildman–Crippen LogP) is 4.56. The van der Waals surface area contributed by atoms with Gasteiger partial charge in [-0.2, -0.15) is 0 Å². The van der Waals surface area contributed by atoms with Crippen molar-refractivity contribution in [2.75, 3.05) is 13.7 Å². The minimum atomic E-state index is 0.214. The van der Waals surface area contributed by atoms with E-state index in [1.165, 1.54) is 35.7 Å². The van der Waals surface area contributed by atoms with Gasteiger partial charge < -0.3 is 10.1 Å². The van der Waals surface area contributed by atoms with Crippen molar-refractivity contribution in [3.8, 4) is 5.75 Å². The number of methoxy groups -OCH3 is 1. The molecule has 1 unspecified atom stereocenters. The summed E-state index contributed by atoms with van der Waals surface area (Å²) in [5.74, 6) is 1.56. The number of hydrogen-bond acceptors (Lipinski definition) is 2. The van der Waals surface area contributed by atoms with E-state index >= 15 is 0 Å². The van der Waals surface area contributed by atoms with Gasteiger partial charge in [-0.25, -0.2) is 0 Å². The largest absolute Gasteiger partial charge is 0.497 e. The first-order valence-corrected chi connectivity index (χ1v) is 8.44. The van der Waals surface area contributed by atoms with Crippen molar-refractivity contribution in [3.05, 3.63) is 28.2 Å². The molecule has 0 radical (unpaired) electrons. The lowest BCUT2D eigenvalue weighted by molar-refractivity contribution is 0.225. The van der Waals surface area contributed by atoms with Crippen molar-refractivity contribution in [2.24, 2.45) is 5.92 Å². The van der Waals surface area contributed by atoms with E-state index in [0.717, 1.165) is 18.7 Å². The summed E-state index contributed by atoms with van der Waals surface area (Å²) in [6.07, 6.45) is 6.29. The standard InChI is InChI=1S/C17H26BrNO/c1-13(2)17(9-5-4-6-10-19-17)12-14-11-15(20-3)7-8-16(14)18/h7-8,11,13,19H,4-6,9-10,12H2,1-3H3. The number of halogens is 1. The maximum absolute atomic E-state index is 5.38. The number of hydrogen-bond donors (Lipinski definition) is 1. The summed E-state index contributed by atoms with van der Waals surface area (Å²) in [6.45, 7) is 5.82. The third-order valence-electron chi connectivity index (χ3n) is 4.64. The van der Waals surface area contributed by atoms with E-state index in [2.05, 4.69) is 47.2 Å². The number of ether oxygens (including phenoxy) is 1. The number of rotatable bonds is 4. The minimum Gasteiger partial charge on any atom is -0.497 e. The first-order valence-electron chi connectivity index (χ1n) is 7.65. The second-order valence-electron chi connectivity index (χ2n) is 6.18. The van der Waals surface area contributed by atoms with Gasteiger partial charge >= 0.3 is 0 Å². The van der Waals surface area contributed by atoms with Crippen LogP contribution in [0.15, 0.2) is 22.7 Å². The van der Waals surface area contributed by atoms with Gasteiger partial charge in [-0.05, 0) is 55.5 Å². The molecule has 0 spiro atoms. The van der Waals surface area contributed by atoms with E-state index in [1.807, 2.05) is 6.07 Å². The molecule has 1 fully saturated rings. The van der Waals surface area contributed by atoms with Gasteiger partial charge in [0.2, 0.25) is 0 Å². The minimum absolute atomic E-state index is 0.214. The predicted molar refractivity (Wildman–Crippen MR) is 88.4 cm³/mol. The normalized spacial score (nSPS) is 23.6. The van der Waals surface area contributed by atoms with Crippen LogP contribution in [0.4, 0.5) is 0 Å². The third-order valence-corrected chi connectivity index (χ3v) is 5.41. The average Bonchev–Trinajstić information content (AvgIpc) is 2.68. The van der Waals surface area contributed by atoms with Gasteiger partial charge in [-0.3, -0.25) is 0 Å². The SMILES string of the molecule is COc1ccc(Br)c(CC2(C(C)C)CCCCCN2)c1. The molecule has 1 N–H and O–H groups in total. The van der Waals surface area contributed by atoms with Crippen LogP contribution in [0.3, 0.4) is 0 Å². The molecule has 0 amide bonds. The van der Waals surface area contributed by atoms with Crippen molar-refractivity contribution >= 4 is 15.9 Å². The van der Waals surface area contributed by atoms with Crippen LogP contribution in [-0.2, 0) is 6.42 Å². The topological polar surface area (TPSA) is 21.3 Å². The quantitative estimate of drug-likeness (QED) is 0.868. The van der Waals surface area contributed by atoms with Crippen LogP contribution in [-0.4, -0.2) is 19.2 Å². The molecule has 0 bridgehead atoms. The molecule has 20 heavy (non-hydrogen) atoms. The zero-order valence-electron chi connectivity index (χ0n) is 12.8. The molecule has 0 saturated carbocycles. The number of benzene rings is 1. The lowest BCUT2D eigenvalue weighted by atomic mass is 9.77. The van der Waals surface area contributed by atoms with Crippen molar-refractivity contribution < 1.29 is 4.74 Å². The molecule has 1 atom stereocenters. The summed E-state index contributed by atoms with van der Waals surface area (Å²) in [6, 6.07) is 6.27. The zero-order valence-corrected chi connectivity index (χ0v) is 14.4. The number of nitrogens with one attached hydrogen (secondary N) is 1. The molecule has 1 saturated heterocycles. The summed E-state index contributed by atoms with van der Waals surface area (Å²) in [4.78, 5) is 0. The maximum atomic E-state index is 5.38. The fraction of sp³-hybridized carbons (Fsp3) is 0.647. The monoisotopic (exact) mass is 339 g/mol. The Hall–Kier alpha value is -0.540. The Balaban J connectivity index is 2.27. The highest BCUT2D eigenvalue weighted by atomic mass is 79.9. The summed E-state index contributed by atoms with van der Waals surface area (Å²) >= 11 is 3.70. The van der Waals surface area contributed by atoms with Crippen LogP contribution in [0.1, 0.15) is 45.1 Å². The van der Waals surface area contributed by atoms with Crippen molar-refractivity contribution in [2.45, 2.75) is 51.5 Å². The van der Waals surface area contributed by atoms with Crippen LogP contribution in [0, 0.1) is 5.92 Å². The molecule has 0 aliphatic carbocycles. The molecular weight excluding hydrogens is 314 g/mol. The molecule has 1 aliphatic rings. The molecule has 1 aromatic rings. The van der Waals surface area contributed by atoms with Crippen LogP contribution < -0.4 is 10.1 Å². The van der Waals surface area contributed by atoms with E-state index < -0.39 is 0 Å². The second-order valence-corrected chi connectivity index (χ2v) is 7.04. The van der Waals surface area contributed by atoms with Crippen LogP contribution in [0.25, 0.3) is 0 Å². The van der Waals surface area contributed by atoms with Crippen molar-refractivity contribution in [3.63, 3.8) is 0 Å². The van der Waals surface area contributed by atoms with E-state index in [0.29, 0.717) is 5.92 Å². The molecule has 2 nitrogen and oxygen atoms in total. The summed E-state index contributed by atoms with van der Waals surface area (Å²) in [5.41, 5.74) is 1.55. The Morgan fingerprint density at radius 2 is 2.10 bits per heavy atom. The molecule has 112 valence electrons. The molecule has 2 rings (SSSR count). The first kappa shape index (κ1) is 15.8. The molecule has 1 aliphatic heterocycles. The average molecular weight is 340 g/mol. The van der Waals surface area contributed by atoms with E-state index in [4.69, 9.17) is 4.74 Å². The summed E-state index contributed by atoms with van der Waals surface area (Å²) < 4.78 is 6.56. The summed E-state index contributed by atoms with van der Waals surface area (Å²) in [7, 11) is 1.73. The highest BCUT2D eigenvalue weighted by Gasteiger charge is 2.34. The first-order chi connectivity index (χ1) is 9.57. The fourth-order valence-corrected chi connectivity index (χ4v) is 3.56. The Bertz CT molecular complexity index is 437. The smallest absolute Gasteiger partial charge is 0.119 e. The van der Waals surface area contributed by atoms with Crippen molar-refractivity contribution in [1.82, 2.24) is 5.32 Å². The molecule has 1 heterocycles. The van der Waals surface area contributed by atoms with Crippen LogP contribution in [0.2, 0.25) is 0 Å². The summed E-state index contributed by atoms with van der Waals surface area (Å²) in [5, 5.41) is 3.85. The van der Waals surface area contributed by atoms with Gasteiger partial charge in [-0.15, -0.1) is 0 Å². The molecule has 3 heteroatoms. The Labute approximate surface area is 131 Å². The maximum Gasteiger partial charge on any atom is 0.119 e. The highest BCUT2D eigenvalue weighted by Crippen LogP contribution is 2.34. The van der Waals surface area contributed by atoms with E-state index in [9.17, 15) is 0 Å². The Morgan fingerprint density at radius 1 is 1.30 bits per heavy atom. The molecule has 1 aromatic carbocycles. The van der Waals surface area contributed by atoms with Gasteiger partial charge in [0.15, 0.2) is 0 Å². The zero-order chi connectivity index (χ0) is 14.6. The van der Waals surface area contributed by atoms with Crippen LogP contribution >= 0.6 is 15.9 Å². The van der Waals surface area contributed by atoms with Gasteiger partial charge in [0, 0.05) is 10.0 Å². The van der Waals surface area contributed by atoms with Crippen LogP contribution in [0.5, 0.6) is 5.75 Å². The van der Waals surface area contributed by atoms with Gasteiger partial charge in [0.1, 0.15) is 5.75 Å². The lowest BCUT2D eigenvalue weighted by Gasteiger charge is -2.38. The second kappa shape index (κ2) is 6.95. The third kappa shape index (κ3) is 3.56. The van der Waals surface area contributed by atoms with Crippen molar-refractivity contribution in [1.29, 1.82) is 0 Å². The van der Waals surface area contributed by atoms with E-state index in [-0.39, 0.29) is 5.54 Å². The van der Waals surface area contributed by atoms with E-state index in [1.54, 1.807) is 7.11 Å². The van der Waals surface area contributed by atoms with Gasteiger partial charge in [-0.1, -0.05) is 42.6 Å². The lowest BCUT2D eigenvalue weighted by Crippen LogP contribution is -2.51. The highest BCUT2D eigenvalue weighted by molar-refractivity contribution is 9.10. The fourth-order valence-electron chi connectivity index (χ4n) is 3.17. The molecular formula is C17H26BrNO. The molecule has 0 aromatic heterocycles. The van der Waals surface area contributed by atoms with Gasteiger partial charge in [0.05, 0.1) is 7.11 Å². The van der Waals surface area contributed by atoms with Gasteiger partial charge in [0.25, 0.3) is 0 Å².